The van der Waals surface area contributed by atoms with Gasteiger partial charge in [0.05, 0.1) is 19.6 Å². The van der Waals surface area contributed by atoms with Gasteiger partial charge in [0.1, 0.15) is 6.54 Å². The standard InChI is InChI=1S/C15H18NO2/c1-17-14-9-11-6-8-16-7-4-3-5-13(16)12(11)10-15(14)18-2/h6,8-10H,3-5,7H2,1-2H3/q+1. The predicted octanol–water partition coefficient (Wildman–Crippen LogP) is 2.48. The molecular weight excluding hydrogens is 226 g/mol. The van der Waals surface area contributed by atoms with Crippen molar-refractivity contribution in [2.24, 2.45) is 0 Å². The SMILES string of the molecule is COc1cc2cc[n+]3c(c2cc1OC)CCCC3. The van der Waals surface area contributed by atoms with E-state index >= 15 is 0 Å². The van der Waals surface area contributed by atoms with Gasteiger partial charge in [0, 0.05) is 18.9 Å². The Morgan fingerprint density at radius 1 is 1.06 bits per heavy atom. The highest BCUT2D eigenvalue weighted by Gasteiger charge is 2.20. The largest absolute Gasteiger partial charge is 0.493 e. The summed E-state index contributed by atoms with van der Waals surface area (Å²) in [5.74, 6) is 1.61. The molecule has 0 radical (unpaired) electrons. The molecule has 2 aromatic rings. The van der Waals surface area contributed by atoms with Gasteiger partial charge in [-0.25, -0.2) is 4.57 Å². The highest BCUT2D eigenvalue weighted by atomic mass is 16.5. The van der Waals surface area contributed by atoms with Crippen LogP contribution in [0.2, 0.25) is 0 Å². The Bertz CT molecular complexity index is 593. The molecule has 1 aliphatic heterocycles. The average Bonchev–Trinajstić information content (AvgIpc) is 2.45. The van der Waals surface area contributed by atoms with Gasteiger partial charge in [-0.1, -0.05) is 0 Å². The van der Waals surface area contributed by atoms with E-state index in [9.17, 15) is 0 Å². The number of rotatable bonds is 2. The predicted molar refractivity (Wildman–Crippen MR) is 70.2 cm³/mol. The monoisotopic (exact) mass is 244 g/mol. The number of methoxy groups -OCH3 is 2. The third-order valence-electron chi connectivity index (χ3n) is 3.71. The summed E-state index contributed by atoms with van der Waals surface area (Å²) in [6.07, 6.45) is 5.87. The molecule has 0 atom stereocenters. The van der Waals surface area contributed by atoms with Crippen molar-refractivity contribution < 1.29 is 14.0 Å². The van der Waals surface area contributed by atoms with Crippen LogP contribution in [0.15, 0.2) is 24.4 Å². The van der Waals surface area contributed by atoms with Gasteiger partial charge < -0.3 is 9.47 Å². The fourth-order valence-electron chi connectivity index (χ4n) is 2.76. The zero-order valence-corrected chi connectivity index (χ0v) is 10.9. The topological polar surface area (TPSA) is 22.3 Å². The van der Waals surface area contributed by atoms with Gasteiger partial charge in [0.25, 0.3) is 0 Å². The Morgan fingerprint density at radius 3 is 2.61 bits per heavy atom. The summed E-state index contributed by atoms with van der Waals surface area (Å²) < 4.78 is 13.1. The Morgan fingerprint density at radius 2 is 1.83 bits per heavy atom. The molecule has 0 aliphatic carbocycles. The highest BCUT2D eigenvalue weighted by Crippen LogP contribution is 2.33. The van der Waals surface area contributed by atoms with Gasteiger partial charge in [0.15, 0.2) is 23.4 Å². The van der Waals surface area contributed by atoms with Gasteiger partial charge in [-0.3, -0.25) is 0 Å². The third kappa shape index (κ3) is 1.70. The molecule has 0 saturated heterocycles. The van der Waals surface area contributed by atoms with E-state index < -0.39 is 0 Å². The molecule has 0 bridgehead atoms. The van der Waals surface area contributed by atoms with E-state index in [0.717, 1.165) is 24.5 Å². The Labute approximate surface area is 107 Å². The van der Waals surface area contributed by atoms with E-state index in [0.29, 0.717) is 0 Å². The molecule has 2 heterocycles. The number of fused-ring (bicyclic) bond motifs is 3. The van der Waals surface area contributed by atoms with Gasteiger partial charge in [-0.05, 0) is 23.9 Å². The fourth-order valence-corrected chi connectivity index (χ4v) is 2.76. The number of ether oxygens (including phenoxy) is 2. The number of aryl methyl sites for hydroxylation is 2. The second kappa shape index (κ2) is 4.48. The molecule has 0 amide bonds. The minimum Gasteiger partial charge on any atom is -0.493 e. The summed E-state index contributed by atoms with van der Waals surface area (Å²) in [7, 11) is 3.36. The van der Waals surface area contributed by atoms with Crippen LogP contribution in [-0.4, -0.2) is 14.2 Å². The first-order valence-corrected chi connectivity index (χ1v) is 6.40. The van der Waals surface area contributed by atoms with E-state index in [2.05, 4.69) is 29.0 Å². The maximum Gasteiger partial charge on any atom is 0.189 e. The molecule has 0 spiro atoms. The Kier molecular flexibility index (Phi) is 2.82. The zero-order valence-electron chi connectivity index (χ0n) is 10.9. The average molecular weight is 244 g/mol. The summed E-state index contributed by atoms with van der Waals surface area (Å²) in [6.45, 7) is 1.12. The number of hydrogen-bond donors (Lipinski definition) is 0. The number of benzene rings is 1. The second-order valence-electron chi connectivity index (χ2n) is 4.71. The molecule has 0 saturated carbocycles. The van der Waals surface area contributed by atoms with Crippen molar-refractivity contribution in [1.29, 1.82) is 0 Å². The highest BCUT2D eigenvalue weighted by molar-refractivity contribution is 5.87. The summed E-state index contributed by atoms with van der Waals surface area (Å²) in [5.41, 5.74) is 1.42. The maximum atomic E-state index is 5.40. The Balaban J connectivity index is 2.27. The number of hydrogen-bond acceptors (Lipinski definition) is 2. The van der Waals surface area contributed by atoms with E-state index in [1.165, 1.54) is 29.3 Å². The van der Waals surface area contributed by atoms with Crippen LogP contribution in [-0.2, 0) is 13.0 Å². The maximum absolute atomic E-state index is 5.40. The Hall–Kier alpha value is -1.77. The van der Waals surface area contributed by atoms with Crippen LogP contribution in [0.1, 0.15) is 18.5 Å². The molecule has 3 nitrogen and oxygen atoms in total. The molecule has 1 aromatic heterocycles. The molecule has 1 aromatic carbocycles. The minimum atomic E-state index is 0.797. The van der Waals surface area contributed by atoms with Crippen molar-refractivity contribution in [2.45, 2.75) is 25.8 Å². The lowest BCUT2D eigenvalue weighted by Gasteiger charge is -2.14. The number of aromatic nitrogens is 1. The molecule has 3 heteroatoms. The zero-order chi connectivity index (χ0) is 12.5. The smallest absolute Gasteiger partial charge is 0.189 e. The molecule has 1 aliphatic rings. The van der Waals surface area contributed by atoms with E-state index in [-0.39, 0.29) is 0 Å². The van der Waals surface area contributed by atoms with Crippen LogP contribution in [0.3, 0.4) is 0 Å². The molecule has 0 N–H and O–H groups in total. The van der Waals surface area contributed by atoms with Crippen LogP contribution in [0.5, 0.6) is 11.5 Å². The molecular formula is C15H18NO2+. The van der Waals surface area contributed by atoms with Crippen molar-refractivity contribution in [2.75, 3.05) is 14.2 Å². The third-order valence-corrected chi connectivity index (χ3v) is 3.71. The normalized spacial score (nSPS) is 14.3. The van der Waals surface area contributed by atoms with Crippen molar-refractivity contribution in [1.82, 2.24) is 0 Å². The van der Waals surface area contributed by atoms with E-state index in [1.54, 1.807) is 14.2 Å². The summed E-state index contributed by atoms with van der Waals surface area (Å²) in [4.78, 5) is 0. The van der Waals surface area contributed by atoms with Crippen LogP contribution >= 0.6 is 0 Å². The molecule has 3 rings (SSSR count). The summed E-state index contributed by atoms with van der Waals surface area (Å²) in [5, 5.41) is 2.51. The minimum absolute atomic E-state index is 0.797. The van der Waals surface area contributed by atoms with Gasteiger partial charge in [-0.15, -0.1) is 0 Å². The molecule has 0 fully saturated rings. The summed E-state index contributed by atoms with van der Waals surface area (Å²) >= 11 is 0. The first-order chi connectivity index (χ1) is 8.83. The lowest BCUT2D eigenvalue weighted by molar-refractivity contribution is -0.707. The van der Waals surface area contributed by atoms with Crippen molar-refractivity contribution >= 4 is 10.8 Å². The summed E-state index contributed by atoms with van der Waals surface area (Å²) in [6, 6.07) is 6.32. The lowest BCUT2D eigenvalue weighted by atomic mass is 10.0. The van der Waals surface area contributed by atoms with Crippen LogP contribution in [0.25, 0.3) is 10.8 Å². The van der Waals surface area contributed by atoms with E-state index in [4.69, 9.17) is 9.47 Å². The molecule has 0 unspecified atom stereocenters. The number of nitrogens with zero attached hydrogens (tertiary/aromatic N) is 1. The van der Waals surface area contributed by atoms with Crippen LogP contribution in [0, 0.1) is 0 Å². The van der Waals surface area contributed by atoms with Crippen LogP contribution in [0.4, 0.5) is 0 Å². The first kappa shape index (κ1) is 11.3. The quantitative estimate of drug-likeness (QED) is 0.757. The van der Waals surface area contributed by atoms with Gasteiger partial charge >= 0.3 is 0 Å². The van der Waals surface area contributed by atoms with Crippen molar-refractivity contribution in [3.63, 3.8) is 0 Å². The van der Waals surface area contributed by atoms with E-state index in [1.807, 2.05) is 0 Å². The molecule has 18 heavy (non-hydrogen) atoms. The van der Waals surface area contributed by atoms with Crippen molar-refractivity contribution in [3.05, 3.63) is 30.1 Å². The van der Waals surface area contributed by atoms with Gasteiger partial charge in [0.2, 0.25) is 0 Å². The lowest BCUT2D eigenvalue weighted by Crippen LogP contribution is -2.41. The fraction of sp³-hybridized carbons (Fsp3) is 0.400. The van der Waals surface area contributed by atoms with Gasteiger partial charge in [-0.2, -0.15) is 0 Å². The van der Waals surface area contributed by atoms with Crippen molar-refractivity contribution in [3.8, 4) is 11.5 Å². The molecule has 94 valence electrons. The van der Waals surface area contributed by atoms with Crippen LogP contribution < -0.4 is 14.0 Å². The first-order valence-electron chi connectivity index (χ1n) is 6.40. The second-order valence-corrected chi connectivity index (χ2v) is 4.71. The number of pyridine rings is 1.